The second-order valence-corrected chi connectivity index (χ2v) is 12.8. The fourth-order valence-electron chi connectivity index (χ4n) is 5.34. The molecule has 5 nitrogen and oxygen atoms in total. The van der Waals surface area contributed by atoms with E-state index in [0.717, 1.165) is 53.6 Å². The van der Waals surface area contributed by atoms with E-state index in [9.17, 15) is 9.59 Å². The molecular formula is C34H43N3O2. The lowest BCUT2D eigenvalue weighted by Crippen LogP contribution is -2.28. The maximum atomic E-state index is 13.0. The summed E-state index contributed by atoms with van der Waals surface area (Å²) < 4.78 is 0. The zero-order valence-electron chi connectivity index (χ0n) is 24.1. The molecule has 1 fully saturated rings. The van der Waals surface area contributed by atoms with E-state index in [2.05, 4.69) is 41.7 Å². The molecule has 0 saturated heterocycles. The Hall–Kier alpha value is -3.31. The van der Waals surface area contributed by atoms with Crippen LogP contribution in [0.3, 0.4) is 0 Å². The molecule has 1 aliphatic rings. The molecule has 1 aromatic heterocycles. The van der Waals surface area contributed by atoms with Gasteiger partial charge in [-0.25, -0.2) is 0 Å². The Morgan fingerprint density at radius 2 is 1.44 bits per heavy atom. The number of pyridine rings is 1. The van der Waals surface area contributed by atoms with Gasteiger partial charge < -0.3 is 11.1 Å². The van der Waals surface area contributed by atoms with Gasteiger partial charge in [-0.05, 0) is 68.6 Å². The second kappa shape index (κ2) is 11.8. The molecule has 39 heavy (non-hydrogen) atoms. The van der Waals surface area contributed by atoms with Gasteiger partial charge in [0, 0.05) is 34.9 Å². The molecule has 3 N–H and O–H groups in total. The number of carbonyl (C=O) groups excluding carboxylic acids is 2. The maximum absolute atomic E-state index is 13.0. The molecule has 0 radical (unpaired) electrons. The van der Waals surface area contributed by atoms with Gasteiger partial charge in [-0.2, -0.15) is 0 Å². The number of rotatable bonds is 8. The molecule has 0 unspecified atom stereocenters. The van der Waals surface area contributed by atoms with Crippen molar-refractivity contribution in [3.05, 3.63) is 72.4 Å². The molecule has 0 atom stereocenters. The molecule has 206 valence electrons. The van der Waals surface area contributed by atoms with Crippen LogP contribution in [-0.4, -0.2) is 16.7 Å². The number of ketones is 1. The standard InChI is InChI=1S/C34H43N3O2/c1-33(2,3)30(38)19-23-11-13-24(14-12-23)20-31(39)37-28-21-29(25-9-7-6-8-10-25)32(36-22-28)26-15-17-27(18-16-26)34(4,5)35/h6-10,15-18,21-24H,11-14,19-20,35H2,1-5H3,(H,37,39). The van der Waals surface area contributed by atoms with Crippen LogP contribution in [0, 0.1) is 17.3 Å². The van der Waals surface area contributed by atoms with Gasteiger partial charge in [0.2, 0.25) is 5.91 Å². The predicted octanol–water partition coefficient (Wildman–Crippen LogP) is 7.75. The van der Waals surface area contributed by atoms with Gasteiger partial charge >= 0.3 is 0 Å². The molecule has 5 heteroatoms. The van der Waals surface area contributed by atoms with Crippen molar-refractivity contribution in [1.82, 2.24) is 4.98 Å². The van der Waals surface area contributed by atoms with Crippen LogP contribution in [0.25, 0.3) is 22.4 Å². The van der Waals surface area contributed by atoms with Crippen molar-refractivity contribution in [2.45, 2.75) is 78.7 Å². The number of benzene rings is 2. The third-order valence-electron chi connectivity index (χ3n) is 7.91. The number of nitrogens with zero attached hydrogens (tertiary/aromatic N) is 1. The highest BCUT2D eigenvalue weighted by Gasteiger charge is 2.28. The number of carbonyl (C=O) groups is 2. The normalized spacial score (nSPS) is 18.0. The highest BCUT2D eigenvalue weighted by Crippen LogP contribution is 2.36. The molecule has 2 aromatic carbocycles. The number of amides is 1. The number of aromatic nitrogens is 1. The predicted molar refractivity (Wildman–Crippen MR) is 160 cm³/mol. The minimum atomic E-state index is -0.411. The first kappa shape index (κ1) is 28.7. The van der Waals surface area contributed by atoms with E-state index in [-0.39, 0.29) is 11.3 Å². The number of hydrogen-bond acceptors (Lipinski definition) is 4. The topological polar surface area (TPSA) is 85.1 Å². The smallest absolute Gasteiger partial charge is 0.224 e. The summed E-state index contributed by atoms with van der Waals surface area (Å²) in [6, 6.07) is 20.4. The molecule has 0 aliphatic heterocycles. The van der Waals surface area contributed by atoms with Crippen molar-refractivity contribution in [3.63, 3.8) is 0 Å². The Morgan fingerprint density at radius 1 is 0.846 bits per heavy atom. The fraction of sp³-hybridized carbons (Fsp3) is 0.441. The summed E-state index contributed by atoms with van der Waals surface area (Å²) >= 11 is 0. The minimum absolute atomic E-state index is 0.0207. The minimum Gasteiger partial charge on any atom is -0.325 e. The second-order valence-electron chi connectivity index (χ2n) is 12.8. The van der Waals surface area contributed by atoms with Gasteiger partial charge in [-0.15, -0.1) is 0 Å². The third kappa shape index (κ3) is 7.63. The van der Waals surface area contributed by atoms with E-state index >= 15 is 0 Å². The summed E-state index contributed by atoms with van der Waals surface area (Å²) in [7, 11) is 0. The Labute approximate surface area is 233 Å². The lowest BCUT2D eigenvalue weighted by Gasteiger charge is -2.29. The van der Waals surface area contributed by atoms with E-state index in [0.29, 0.717) is 36.1 Å². The number of anilines is 1. The zero-order chi connectivity index (χ0) is 28.2. The molecule has 1 amide bonds. The molecule has 3 aromatic rings. The van der Waals surface area contributed by atoms with Crippen LogP contribution in [0.5, 0.6) is 0 Å². The summed E-state index contributed by atoms with van der Waals surface area (Å²) in [5.41, 5.74) is 11.2. The van der Waals surface area contributed by atoms with E-state index in [1.54, 1.807) is 6.20 Å². The van der Waals surface area contributed by atoms with Gasteiger partial charge in [0.05, 0.1) is 17.6 Å². The van der Waals surface area contributed by atoms with E-state index in [1.165, 1.54) is 0 Å². The van der Waals surface area contributed by atoms with Gasteiger partial charge in [0.25, 0.3) is 0 Å². The first-order valence-electron chi connectivity index (χ1n) is 14.2. The molecular weight excluding hydrogens is 482 g/mol. The Bertz CT molecular complexity index is 1280. The first-order valence-corrected chi connectivity index (χ1v) is 14.2. The largest absolute Gasteiger partial charge is 0.325 e. The summed E-state index contributed by atoms with van der Waals surface area (Å²) in [6.45, 7) is 9.97. The molecule has 0 bridgehead atoms. The molecule has 0 spiro atoms. The molecule has 1 saturated carbocycles. The number of Topliss-reactive ketones (excluding diaryl/α,β-unsaturated/α-hetero) is 1. The average molecular weight is 526 g/mol. The number of nitrogens with one attached hydrogen (secondary N) is 1. The highest BCUT2D eigenvalue weighted by atomic mass is 16.1. The fourth-order valence-corrected chi connectivity index (χ4v) is 5.34. The quantitative estimate of drug-likeness (QED) is 0.315. The Morgan fingerprint density at radius 3 is 2.00 bits per heavy atom. The van der Waals surface area contributed by atoms with Crippen LogP contribution in [-0.2, 0) is 15.1 Å². The molecule has 4 rings (SSSR count). The number of nitrogens with two attached hydrogens (primary N) is 1. The van der Waals surface area contributed by atoms with Crippen LogP contribution < -0.4 is 11.1 Å². The van der Waals surface area contributed by atoms with Crippen LogP contribution in [0.15, 0.2) is 66.9 Å². The summed E-state index contributed by atoms with van der Waals surface area (Å²) in [5, 5.41) is 3.10. The Kier molecular flexibility index (Phi) is 8.70. The first-order chi connectivity index (χ1) is 18.4. The van der Waals surface area contributed by atoms with Gasteiger partial charge in [-0.1, -0.05) is 75.4 Å². The molecule has 1 aliphatic carbocycles. The maximum Gasteiger partial charge on any atom is 0.224 e. The lowest BCUT2D eigenvalue weighted by atomic mass is 9.76. The summed E-state index contributed by atoms with van der Waals surface area (Å²) in [4.78, 5) is 30.2. The molecule has 1 heterocycles. The monoisotopic (exact) mass is 525 g/mol. The van der Waals surface area contributed by atoms with Crippen LogP contribution >= 0.6 is 0 Å². The van der Waals surface area contributed by atoms with Crippen LogP contribution in [0.4, 0.5) is 5.69 Å². The van der Waals surface area contributed by atoms with Crippen molar-refractivity contribution in [2.75, 3.05) is 5.32 Å². The van der Waals surface area contributed by atoms with Crippen LogP contribution in [0.2, 0.25) is 0 Å². The summed E-state index contributed by atoms with van der Waals surface area (Å²) in [6.07, 6.45) is 6.95. The van der Waals surface area contributed by atoms with Crippen molar-refractivity contribution in [2.24, 2.45) is 23.0 Å². The van der Waals surface area contributed by atoms with Crippen molar-refractivity contribution in [1.29, 1.82) is 0 Å². The summed E-state index contributed by atoms with van der Waals surface area (Å²) in [5.74, 6) is 1.17. The van der Waals surface area contributed by atoms with Crippen molar-refractivity contribution in [3.8, 4) is 22.4 Å². The van der Waals surface area contributed by atoms with Crippen molar-refractivity contribution >= 4 is 17.4 Å². The zero-order valence-corrected chi connectivity index (χ0v) is 24.1. The number of hydrogen-bond donors (Lipinski definition) is 2. The van der Waals surface area contributed by atoms with Crippen molar-refractivity contribution < 1.29 is 9.59 Å². The van der Waals surface area contributed by atoms with Gasteiger partial charge in [0.1, 0.15) is 5.78 Å². The van der Waals surface area contributed by atoms with Crippen LogP contribution in [0.1, 0.15) is 78.7 Å². The SMILES string of the molecule is CC(C)(C)C(=O)CC1CCC(CC(=O)Nc2cnc(-c3ccc(C(C)(C)N)cc3)c(-c3ccccc3)c2)CC1. The van der Waals surface area contributed by atoms with E-state index < -0.39 is 5.54 Å². The van der Waals surface area contributed by atoms with Gasteiger partial charge in [0.15, 0.2) is 0 Å². The van der Waals surface area contributed by atoms with Gasteiger partial charge in [-0.3, -0.25) is 14.6 Å². The third-order valence-corrected chi connectivity index (χ3v) is 7.91. The lowest BCUT2D eigenvalue weighted by molar-refractivity contribution is -0.127. The van der Waals surface area contributed by atoms with E-state index in [4.69, 9.17) is 10.7 Å². The van der Waals surface area contributed by atoms with E-state index in [1.807, 2.05) is 58.9 Å². The average Bonchev–Trinajstić information content (AvgIpc) is 2.89. The Balaban J connectivity index is 1.44. The highest BCUT2D eigenvalue weighted by molar-refractivity contribution is 5.93.